The normalized spacial score (nSPS) is 12.3. The summed E-state index contributed by atoms with van der Waals surface area (Å²) in [6.07, 6.45) is 1.70. The Kier molecular flexibility index (Phi) is 5.07. The van der Waals surface area contributed by atoms with E-state index in [1.54, 1.807) is 18.0 Å². The lowest BCUT2D eigenvalue weighted by molar-refractivity contribution is 0.661. The summed E-state index contributed by atoms with van der Waals surface area (Å²) >= 11 is 7.72. The van der Waals surface area contributed by atoms with Gasteiger partial charge in [-0.3, -0.25) is 0 Å². The molecule has 3 nitrogen and oxygen atoms in total. The van der Waals surface area contributed by atoms with Crippen molar-refractivity contribution in [2.24, 2.45) is 0 Å². The summed E-state index contributed by atoms with van der Waals surface area (Å²) < 4.78 is 0. The third-order valence-electron chi connectivity index (χ3n) is 2.81. The summed E-state index contributed by atoms with van der Waals surface area (Å²) in [6.45, 7) is 0. The summed E-state index contributed by atoms with van der Waals surface area (Å²) in [5.41, 5.74) is 6.94. The second kappa shape index (κ2) is 6.80. The van der Waals surface area contributed by atoms with Gasteiger partial charge in [0, 0.05) is 33.5 Å². The lowest BCUT2D eigenvalue weighted by Gasteiger charge is -2.17. The average molecular weight is 294 g/mol. The van der Waals surface area contributed by atoms with Crippen molar-refractivity contribution in [1.82, 2.24) is 10.3 Å². The molecule has 1 aromatic carbocycles. The van der Waals surface area contributed by atoms with E-state index in [9.17, 15) is 0 Å². The maximum absolute atomic E-state index is 5.98. The van der Waals surface area contributed by atoms with Gasteiger partial charge in [-0.2, -0.15) is 0 Å². The SMILES string of the molecule is CNC(CSc1cccc(Cl)c1)c1cccnc1N. The van der Waals surface area contributed by atoms with Gasteiger partial charge in [-0.1, -0.05) is 23.7 Å². The number of nitrogens with one attached hydrogen (secondary N) is 1. The van der Waals surface area contributed by atoms with Gasteiger partial charge in [0.15, 0.2) is 0 Å². The van der Waals surface area contributed by atoms with Crippen molar-refractivity contribution in [1.29, 1.82) is 0 Å². The maximum atomic E-state index is 5.98. The van der Waals surface area contributed by atoms with Crippen LogP contribution in [0.2, 0.25) is 5.02 Å². The van der Waals surface area contributed by atoms with Crippen molar-refractivity contribution in [2.75, 3.05) is 18.5 Å². The van der Waals surface area contributed by atoms with Crippen molar-refractivity contribution in [3.8, 4) is 0 Å². The Balaban J connectivity index is 2.06. The van der Waals surface area contributed by atoms with E-state index in [1.807, 2.05) is 37.4 Å². The van der Waals surface area contributed by atoms with E-state index >= 15 is 0 Å². The quantitative estimate of drug-likeness (QED) is 0.830. The number of hydrogen-bond acceptors (Lipinski definition) is 4. The number of rotatable bonds is 5. The summed E-state index contributed by atoms with van der Waals surface area (Å²) in [6, 6.07) is 11.9. The van der Waals surface area contributed by atoms with E-state index in [1.165, 1.54) is 0 Å². The topological polar surface area (TPSA) is 50.9 Å². The first-order valence-electron chi connectivity index (χ1n) is 5.96. The summed E-state index contributed by atoms with van der Waals surface area (Å²) in [5, 5.41) is 4.03. The Morgan fingerprint density at radius 3 is 2.89 bits per heavy atom. The van der Waals surface area contributed by atoms with Crippen LogP contribution in [0.1, 0.15) is 11.6 Å². The fourth-order valence-electron chi connectivity index (χ4n) is 1.79. The molecule has 100 valence electrons. The van der Waals surface area contributed by atoms with Gasteiger partial charge in [0.1, 0.15) is 5.82 Å². The Labute approximate surface area is 122 Å². The monoisotopic (exact) mass is 293 g/mol. The molecule has 0 saturated heterocycles. The number of halogens is 1. The van der Waals surface area contributed by atoms with E-state index in [4.69, 9.17) is 17.3 Å². The van der Waals surface area contributed by atoms with Crippen LogP contribution in [0.15, 0.2) is 47.5 Å². The highest BCUT2D eigenvalue weighted by Gasteiger charge is 2.13. The number of pyridine rings is 1. The van der Waals surface area contributed by atoms with Crippen LogP contribution in [0.4, 0.5) is 5.82 Å². The Hall–Kier alpha value is -1.23. The van der Waals surface area contributed by atoms with Gasteiger partial charge >= 0.3 is 0 Å². The van der Waals surface area contributed by atoms with Crippen LogP contribution in [0, 0.1) is 0 Å². The second-order valence-electron chi connectivity index (χ2n) is 4.09. The molecular weight excluding hydrogens is 278 g/mol. The van der Waals surface area contributed by atoms with Gasteiger partial charge in [0.2, 0.25) is 0 Å². The molecule has 3 N–H and O–H groups in total. The standard InChI is InChI=1S/C14H16ClN3S/c1-17-13(12-6-3-7-18-14(12)16)9-19-11-5-2-4-10(15)8-11/h2-8,13,17H,9H2,1H3,(H2,16,18). The van der Waals surface area contributed by atoms with E-state index in [0.29, 0.717) is 5.82 Å². The maximum Gasteiger partial charge on any atom is 0.128 e. The third kappa shape index (κ3) is 3.86. The van der Waals surface area contributed by atoms with E-state index in [0.717, 1.165) is 21.2 Å². The van der Waals surface area contributed by atoms with Crippen LogP contribution >= 0.6 is 23.4 Å². The predicted octanol–water partition coefficient (Wildman–Crippen LogP) is 3.37. The number of nitrogens with zero attached hydrogens (tertiary/aromatic N) is 1. The van der Waals surface area contributed by atoms with Crippen molar-refractivity contribution in [2.45, 2.75) is 10.9 Å². The molecule has 2 aromatic rings. The third-order valence-corrected chi connectivity index (χ3v) is 4.13. The van der Waals surface area contributed by atoms with E-state index in [2.05, 4.69) is 16.4 Å². The molecule has 1 aromatic heterocycles. The van der Waals surface area contributed by atoms with Crippen molar-refractivity contribution in [3.05, 3.63) is 53.2 Å². The molecule has 0 aliphatic heterocycles. The Bertz CT molecular complexity index is 548. The number of benzene rings is 1. The van der Waals surface area contributed by atoms with Crippen molar-refractivity contribution in [3.63, 3.8) is 0 Å². The minimum absolute atomic E-state index is 0.165. The summed E-state index contributed by atoms with van der Waals surface area (Å²) in [5.74, 6) is 1.45. The van der Waals surface area contributed by atoms with Gasteiger partial charge in [-0.25, -0.2) is 4.98 Å². The number of nitrogens with two attached hydrogens (primary N) is 1. The van der Waals surface area contributed by atoms with E-state index in [-0.39, 0.29) is 6.04 Å². The summed E-state index contributed by atoms with van der Waals surface area (Å²) in [4.78, 5) is 5.27. The van der Waals surface area contributed by atoms with Crippen LogP contribution in [0.5, 0.6) is 0 Å². The van der Waals surface area contributed by atoms with Gasteiger partial charge in [0.25, 0.3) is 0 Å². The first-order valence-corrected chi connectivity index (χ1v) is 7.33. The molecule has 0 saturated carbocycles. The fourth-order valence-corrected chi connectivity index (χ4v) is 3.13. The van der Waals surface area contributed by atoms with Crippen LogP contribution in [0.25, 0.3) is 0 Å². The Morgan fingerprint density at radius 1 is 1.37 bits per heavy atom. The second-order valence-corrected chi connectivity index (χ2v) is 5.62. The van der Waals surface area contributed by atoms with Gasteiger partial charge < -0.3 is 11.1 Å². The molecule has 0 spiro atoms. The molecule has 0 radical (unpaired) electrons. The average Bonchev–Trinajstić information content (AvgIpc) is 2.41. The molecular formula is C14H16ClN3S. The molecule has 5 heteroatoms. The number of aromatic nitrogens is 1. The molecule has 0 bridgehead atoms. The van der Waals surface area contributed by atoms with Crippen LogP contribution in [0.3, 0.4) is 0 Å². The first kappa shape index (κ1) is 14.2. The predicted molar refractivity (Wildman–Crippen MR) is 82.6 cm³/mol. The molecule has 2 rings (SSSR count). The molecule has 0 fully saturated rings. The number of anilines is 1. The number of thioether (sulfide) groups is 1. The smallest absolute Gasteiger partial charge is 0.128 e. The summed E-state index contributed by atoms with van der Waals surface area (Å²) in [7, 11) is 1.93. The van der Waals surface area contributed by atoms with Crippen LogP contribution in [-0.2, 0) is 0 Å². The lowest BCUT2D eigenvalue weighted by Crippen LogP contribution is -2.20. The zero-order valence-electron chi connectivity index (χ0n) is 10.6. The van der Waals surface area contributed by atoms with Crippen molar-refractivity contribution >= 4 is 29.2 Å². The molecule has 0 aliphatic rings. The lowest BCUT2D eigenvalue weighted by atomic mass is 10.1. The zero-order valence-corrected chi connectivity index (χ0v) is 12.2. The zero-order chi connectivity index (χ0) is 13.7. The first-order chi connectivity index (χ1) is 9.20. The fraction of sp³-hybridized carbons (Fsp3) is 0.214. The van der Waals surface area contributed by atoms with Gasteiger partial charge in [-0.15, -0.1) is 11.8 Å². The minimum Gasteiger partial charge on any atom is -0.383 e. The highest BCUT2D eigenvalue weighted by atomic mass is 35.5. The number of nitrogen functional groups attached to an aromatic ring is 1. The van der Waals surface area contributed by atoms with Crippen LogP contribution < -0.4 is 11.1 Å². The molecule has 0 aliphatic carbocycles. The molecule has 1 atom stereocenters. The molecule has 1 heterocycles. The highest BCUT2D eigenvalue weighted by molar-refractivity contribution is 7.99. The largest absolute Gasteiger partial charge is 0.383 e. The van der Waals surface area contributed by atoms with Gasteiger partial charge in [0.05, 0.1) is 0 Å². The molecule has 1 unspecified atom stereocenters. The molecule has 19 heavy (non-hydrogen) atoms. The highest BCUT2D eigenvalue weighted by Crippen LogP contribution is 2.27. The number of hydrogen-bond donors (Lipinski definition) is 2. The van der Waals surface area contributed by atoms with Crippen molar-refractivity contribution < 1.29 is 0 Å². The minimum atomic E-state index is 0.165. The van der Waals surface area contributed by atoms with Gasteiger partial charge in [-0.05, 0) is 31.3 Å². The van der Waals surface area contributed by atoms with Crippen LogP contribution in [-0.4, -0.2) is 17.8 Å². The molecule has 0 amide bonds. The Morgan fingerprint density at radius 2 is 2.21 bits per heavy atom. The van der Waals surface area contributed by atoms with E-state index < -0.39 is 0 Å².